The minimum Gasteiger partial charge on any atom is -0.310 e. The van der Waals surface area contributed by atoms with Crippen molar-refractivity contribution in [1.29, 1.82) is 0 Å². The van der Waals surface area contributed by atoms with Gasteiger partial charge in [-0.2, -0.15) is 0 Å². The first-order valence-electron chi connectivity index (χ1n) is 7.28. The summed E-state index contributed by atoms with van der Waals surface area (Å²) >= 11 is 0. The van der Waals surface area contributed by atoms with Gasteiger partial charge in [-0.1, -0.05) is 6.92 Å². The van der Waals surface area contributed by atoms with Gasteiger partial charge in [0.1, 0.15) is 0 Å². The molecule has 0 aromatic heterocycles. The van der Waals surface area contributed by atoms with E-state index in [0.29, 0.717) is 17.5 Å². The molecule has 2 saturated heterocycles. The predicted molar refractivity (Wildman–Crippen MR) is 74.6 cm³/mol. The number of sulfone groups is 1. The van der Waals surface area contributed by atoms with Crippen LogP contribution in [-0.4, -0.2) is 56.5 Å². The number of hydrogen-bond acceptors (Lipinski definition) is 4. The minimum absolute atomic E-state index is 0.196. The van der Waals surface area contributed by atoms with Gasteiger partial charge < -0.3 is 10.2 Å². The van der Waals surface area contributed by atoms with Crippen LogP contribution in [0.25, 0.3) is 0 Å². The van der Waals surface area contributed by atoms with E-state index in [4.69, 9.17) is 0 Å². The first kappa shape index (κ1) is 14.3. The van der Waals surface area contributed by atoms with Crippen molar-refractivity contribution >= 4 is 9.84 Å². The molecule has 0 aliphatic carbocycles. The van der Waals surface area contributed by atoms with E-state index >= 15 is 0 Å². The summed E-state index contributed by atoms with van der Waals surface area (Å²) in [7, 11) is -2.78. The Morgan fingerprint density at radius 2 is 1.89 bits per heavy atom. The molecule has 2 fully saturated rings. The third kappa shape index (κ3) is 4.21. The standard InChI is InChI=1S/C13H26N2O2S/c1-2-15-8-3-5-12(7-9-15)14-13-6-4-10-18(16,17)11-13/h12-14H,2-11H2,1H3. The molecular formula is C13H26N2O2S. The number of hydrogen-bond donors (Lipinski definition) is 1. The zero-order chi connectivity index (χ0) is 13.0. The van der Waals surface area contributed by atoms with Crippen LogP contribution in [0.3, 0.4) is 0 Å². The molecule has 2 atom stereocenters. The van der Waals surface area contributed by atoms with Crippen LogP contribution >= 0.6 is 0 Å². The third-order valence-electron chi connectivity index (χ3n) is 4.20. The minimum atomic E-state index is -2.78. The second-order valence-electron chi connectivity index (χ2n) is 5.68. The highest BCUT2D eigenvalue weighted by Crippen LogP contribution is 2.16. The molecule has 2 rings (SSSR count). The van der Waals surface area contributed by atoms with Crippen molar-refractivity contribution in [1.82, 2.24) is 10.2 Å². The number of rotatable bonds is 3. The van der Waals surface area contributed by atoms with Gasteiger partial charge in [-0.3, -0.25) is 0 Å². The molecule has 0 spiro atoms. The van der Waals surface area contributed by atoms with E-state index in [0.717, 1.165) is 32.4 Å². The van der Waals surface area contributed by atoms with E-state index in [-0.39, 0.29) is 6.04 Å². The highest BCUT2D eigenvalue weighted by molar-refractivity contribution is 7.91. The van der Waals surface area contributed by atoms with Crippen molar-refractivity contribution in [3.05, 3.63) is 0 Å². The van der Waals surface area contributed by atoms with Gasteiger partial charge in [0.05, 0.1) is 11.5 Å². The quantitative estimate of drug-likeness (QED) is 0.835. The van der Waals surface area contributed by atoms with Crippen LogP contribution < -0.4 is 5.32 Å². The molecule has 0 aromatic carbocycles. The summed E-state index contributed by atoms with van der Waals surface area (Å²) < 4.78 is 23.2. The molecule has 0 saturated carbocycles. The summed E-state index contributed by atoms with van der Waals surface area (Å²) in [5.74, 6) is 0.737. The fourth-order valence-corrected chi connectivity index (χ4v) is 4.78. The topological polar surface area (TPSA) is 49.4 Å². The fraction of sp³-hybridized carbons (Fsp3) is 1.00. The van der Waals surface area contributed by atoms with E-state index in [1.54, 1.807) is 0 Å². The van der Waals surface area contributed by atoms with Crippen LogP contribution in [0.1, 0.15) is 39.0 Å². The Kier molecular flexibility index (Phi) is 5.04. The molecule has 2 aliphatic rings. The normalized spacial score (nSPS) is 34.1. The van der Waals surface area contributed by atoms with Gasteiger partial charge >= 0.3 is 0 Å². The Labute approximate surface area is 111 Å². The van der Waals surface area contributed by atoms with Crippen LogP contribution in [0.4, 0.5) is 0 Å². The van der Waals surface area contributed by atoms with Crippen molar-refractivity contribution in [3.63, 3.8) is 0 Å². The summed E-state index contributed by atoms with van der Waals surface area (Å²) in [6, 6.07) is 0.710. The molecule has 0 radical (unpaired) electrons. The lowest BCUT2D eigenvalue weighted by Crippen LogP contribution is -2.45. The Bertz CT molecular complexity index is 356. The summed E-state index contributed by atoms with van der Waals surface area (Å²) in [5, 5.41) is 3.59. The van der Waals surface area contributed by atoms with Gasteiger partial charge in [-0.05, 0) is 51.7 Å². The average molecular weight is 274 g/mol. The lowest BCUT2D eigenvalue weighted by Gasteiger charge is -2.28. The Balaban J connectivity index is 1.82. The first-order valence-corrected chi connectivity index (χ1v) is 9.10. The fourth-order valence-electron chi connectivity index (χ4n) is 3.13. The molecule has 18 heavy (non-hydrogen) atoms. The van der Waals surface area contributed by atoms with Gasteiger partial charge in [-0.15, -0.1) is 0 Å². The molecule has 0 amide bonds. The zero-order valence-electron chi connectivity index (χ0n) is 11.4. The molecular weight excluding hydrogens is 248 g/mol. The monoisotopic (exact) mass is 274 g/mol. The smallest absolute Gasteiger partial charge is 0.151 e. The van der Waals surface area contributed by atoms with E-state index < -0.39 is 9.84 Å². The maximum absolute atomic E-state index is 11.6. The molecule has 5 heteroatoms. The van der Waals surface area contributed by atoms with Crippen LogP contribution in [0.2, 0.25) is 0 Å². The summed E-state index contributed by atoms with van der Waals surface area (Å²) in [6.07, 6.45) is 5.42. The highest BCUT2D eigenvalue weighted by atomic mass is 32.2. The van der Waals surface area contributed by atoms with E-state index in [1.807, 2.05) is 0 Å². The van der Waals surface area contributed by atoms with Crippen LogP contribution in [-0.2, 0) is 9.84 Å². The molecule has 0 bridgehead atoms. The average Bonchev–Trinajstić information content (AvgIpc) is 2.53. The van der Waals surface area contributed by atoms with Crippen molar-refractivity contribution in [2.75, 3.05) is 31.1 Å². The first-order chi connectivity index (χ1) is 8.59. The van der Waals surface area contributed by atoms with Crippen molar-refractivity contribution in [2.45, 2.75) is 51.1 Å². The maximum atomic E-state index is 11.6. The molecule has 0 aromatic rings. The number of nitrogens with zero attached hydrogens (tertiary/aromatic N) is 1. The summed E-state index contributed by atoms with van der Waals surface area (Å²) in [5.41, 5.74) is 0. The highest BCUT2D eigenvalue weighted by Gasteiger charge is 2.27. The Morgan fingerprint density at radius 1 is 1.11 bits per heavy atom. The van der Waals surface area contributed by atoms with Gasteiger partial charge in [0.15, 0.2) is 9.84 Å². The van der Waals surface area contributed by atoms with Crippen LogP contribution in [0, 0.1) is 0 Å². The second kappa shape index (κ2) is 6.35. The maximum Gasteiger partial charge on any atom is 0.151 e. The Hall–Kier alpha value is -0.130. The van der Waals surface area contributed by atoms with Gasteiger partial charge in [0.2, 0.25) is 0 Å². The van der Waals surface area contributed by atoms with Crippen molar-refractivity contribution in [2.24, 2.45) is 0 Å². The second-order valence-corrected chi connectivity index (χ2v) is 7.91. The Morgan fingerprint density at radius 3 is 2.61 bits per heavy atom. The SMILES string of the molecule is CCN1CCCC(NC2CCCS(=O)(=O)C2)CC1. The van der Waals surface area contributed by atoms with E-state index in [9.17, 15) is 8.42 Å². The van der Waals surface area contributed by atoms with Crippen LogP contribution in [0.5, 0.6) is 0 Å². The van der Waals surface area contributed by atoms with Crippen LogP contribution in [0.15, 0.2) is 0 Å². The molecule has 2 heterocycles. The van der Waals surface area contributed by atoms with Gasteiger partial charge in [-0.25, -0.2) is 8.42 Å². The van der Waals surface area contributed by atoms with E-state index in [1.165, 1.54) is 19.4 Å². The molecule has 2 unspecified atom stereocenters. The molecule has 2 aliphatic heterocycles. The lowest BCUT2D eigenvalue weighted by molar-refractivity contribution is 0.295. The lowest BCUT2D eigenvalue weighted by atomic mass is 10.1. The van der Waals surface area contributed by atoms with Crippen molar-refractivity contribution in [3.8, 4) is 0 Å². The molecule has 1 N–H and O–H groups in total. The molecule has 4 nitrogen and oxygen atoms in total. The molecule has 106 valence electrons. The van der Waals surface area contributed by atoms with Crippen molar-refractivity contribution < 1.29 is 8.42 Å². The number of likely N-dealkylation sites (tertiary alicyclic amines) is 1. The van der Waals surface area contributed by atoms with Gasteiger partial charge in [0.25, 0.3) is 0 Å². The largest absolute Gasteiger partial charge is 0.310 e. The van der Waals surface area contributed by atoms with Gasteiger partial charge in [0, 0.05) is 12.1 Å². The summed E-state index contributed by atoms with van der Waals surface area (Å²) in [4.78, 5) is 2.49. The summed E-state index contributed by atoms with van der Waals surface area (Å²) in [6.45, 7) is 5.68. The third-order valence-corrected chi connectivity index (χ3v) is 6.02. The predicted octanol–water partition coefficient (Wildman–Crippen LogP) is 1.03. The number of nitrogens with one attached hydrogen (secondary N) is 1. The van der Waals surface area contributed by atoms with E-state index in [2.05, 4.69) is 17.1 Å². The zero-order valence-corrected chi connectivity index (χ0v) is 12.2.